The Morgan fingerprint density at radius 1 is 1.05 bits per heavy atom. The zero-order chi connectivity index (χ0) is 15.6. The minimum atomic E-state index is -1.68. The van der Waals surface area contributed by atoms with Gasteiger partial charge in [-0.2, -0.15) is 0 Å². The third kappa shape index (κ3) is 2.52. The molecule has 1 rings (SSSR count). The predicted octanol–water partition coefficient (Wildman–Crippen LogP) is 0.251. The molecular formula is C13H18O7. The molecule has 0 aromatic rings. The first-order valence-electron chi connectivity index (χ1n) is 6.02. The van der Waals surface area contributed by atoms with E-state index < -0.39 is 40.9 Å². The van der Waals surface area contributed by atoms with Gasteiger partial charge in [0.05, 0.1) is 33.2 Å². The van der Waals surface area contributed by atoms with Crippen molar-refractivity contribution in [3.8, 4) is 0 Å². The summed E-state index contributed by atoms with van der Waals surface area (Å²) in [6.45, 7) is 1.53. The number of hydrogen-bond donors (Lipinski definition) is 0. The summed E-state index contributed by atoms with van der Waals surface area (Å²) in [4.78, 5) is 47.5. The molecule has 2 unspecified atom stereocenters. The maximum absolute atomic E-state index is 12.3. The lowest BCUT2D eigenvalue weighted by Crippen LogP contribution is -2.39. The minimum absolute atomic E-state index is 0.132. The third-order valence-electron chi connectivity index (χ3n) is 3.70. The van der Waals surface area contributed by atoms with E-state index in [1.54, 1.807) is 0 Å². The molecule has 112 valence electrons. The van der Waals surface area contributed by atoms with Crippen molar-refractivity contribution >= 4 is 23.7 Å². The molecule has 0 saturated heterocycles. The third-order valence-corrected chi connectivity index (χ3v) is 3.70. The lowest BCUT2D eigenvalue weighted by molar-refractivity contribution is -0.163. The minimum Gasteiger partial charge on any atom is -0.469 e. The van der Waals surface area contributed by atoms with Crippen LogP contribution >= 0.6 is 0 Å². The first-order chi connectivity index (χ1) is 9.25. The van der Waals surface area contributed by atoms with Gasteiger partial charge in [-0.05, 0) is 13.3 Å². The van der Waals surface area contributed by atoms with Crippen molar-refractivity contribution in [3.63, 3.8) is 0 Å². The van der Waals surface area contributed by atoms with E-state index in [-0.39, 0.29) is 12.8 Å². The van der Waals surface area contributed by atoms with Crippen molar-refractivity contribution in [3.05, 3.63) is 0 Å². The highest BCUT2D eigenvalue weighted by Crippen LogP contribution is 2.50. The van der Waals surface area contributed by atoms with Crippen LogP contribution in [-0.4, -0.2) is 45.0 Å². The number of rotatable bonds is 4. The molecule has 1 aliphatic rings. The first-order valence-corrected chi connectivity index (χ1v) is 6.02. The van der Waals surface area contributed by atoms with Crippen LogP contribution in [0.15, 0.2) is 0 Å². The molecule has 1 saturated carbocycles. The summed E-state index contributed by atoms with van der Waals surface area (Å²) in [7, 11) is 3.49. The van der Waals surface area contributed by atoms with Crippen molar-refractivity contribution in [2.75, 3.05) is 21.3 Å². The fraction of sp³-hybridized carbons (Fsp3) is 0.692. The van der Waals surface area contributed by atoms with Gasteiger partial charge in [-0.1, -0.05) is 0 Å². The fourth-order valence-electron chi connectivity index (χ4n) is 2.67. The molecule has 0 bridgehead atoms. The number of hydrogen-bond acceptors (Lipinski definition) is 7. The summed E-state index contributed by atoms with van der Waals surface area (Å²) < 4.78 is 13.8. The van der Waals surface area contributed by atoms with E-state index in [1.165, 1.54) is 14.0 Å². The molecule has 1 aliphatic carbocycles. The SMILES string of the molecule is COC(=O)CC1(C(=O)OC)CC(C)(C(=O)OC)CC1=O. The molecule has 7 heteroatoms. The van der Waals surface area contributed by atoms with Gasteiger partial charge in [0.15, 0.2) is 5.78 Å². The highest BCUT2D eigenvalue weighted by molar-refractivity contribution is 6.10. The largest absolute Gasteiger partial charge is 0.469 e. The van der Waals surface area contributed by atoms with Gasteiger partial charge in [0.2, 0.25) is 0 Å². The van der Waals surface area contributed by atoms with E-state index >= 15 is 0 Å². The topological polar surface area (TPSA) is 96.0 Å². The maximum Gasteiger partial charge on any atom is 0.319 e. The van der Waals surface area contributed by atoms with Crippen molar-refractivity contribution < 1.29 is 33.4 Å². The lowest BCUT2D eigenvalue weighted by Gasteiger charge is -2.25. The zero-order valence-electron chi connectivity index (χ0n) is 12.0. The Morgan fingerprint density at radius 3 is 2.05 bits per heavy atom. The van der Waals surface area contributed by atoms with Crippen LogP contribution in [0, 0.1) is 10.8 Å². The van der Waals surface area contributed by atoms with Gasteiger partial charge >= 0.3 is 17.9 Å². The highest BCUT2D eigenvalue weighted by Gasteiger charge is 2.61. The Hall–Kier alpha value is -1.92. The summed E-state index contributed by atoms with van der Waals surface area (Å²) in [5, 5.41) is 0. The van der Waals surface area contributed by atoms with Gasteiger partial charge in [-0.25, -0.2) is 0 Å². The van der Waals surface area contributed by atoms with Gasteiger partial charge in [0, 0.05) is 6.42 Å². The molecule has 1 fully saturated rings. The Bertz CT molecular complexity index is 456. The number of carbonyl (C=O) groups is 4. The van der Waals surface area contributed by atoms with Crippen LogP contribution in [0.2, 0.25) is 0 Å². The molecule has 2 atom stereocenters. The quantitative estimate of drug-likeness (QED) is 0.415. The Kier molecular flexibility index (Phi) is 4.52. The monoisotopic (exact) mass is 286 g/mol. The van der Waals surface area contributed by atoms with Gasteiger partial charge in [-0.15, -0.1) is 0 Å². The van der Waals surface area contributed by atoms with Gasteiger partial charge in [-0.3, -0.25) is 19.2 Å². The van der Waals surface area contributed by atoms with E-state index in [1.807, 2.05) is 0 Å². The summed E-state index contributed by atoms with van der Waals surface area (Å²) in [6.07, 6.45) is -0.749. The van der Waals surface area contributed by atoms with E-state index in [4.69, 9.17) is 0 Å². The first kappa shape index (κ1) is 16.1. The fourth-order valence-corrected chi connectivity index (χ4v) is 2.67. The second kappa shape index (κ2) is 5.60. The molecule has 0 N–H and O–H groups in total. The molecule has 0 radical (unpaired) electrons. The highest BCUT2D eigenvalue weighted by atomic mass is 16.5. The smallest absolute Gasteiger partial charge is 0.319 e. The second-order valence-electron chi connectivity index (χ2n) is 5.16. The van der Waals surface area contributed by atoms with Gasteiger partial charge in [0.1, 0.15) is 5.41 Å². The molecular weight excluding hydrogens is 268 g/mol. The van der Waals surface area contributed by atoms with Crippen molar-refractivity contribution in [2.24, 2.45) is 10.8 Å². The van der Waals surface area contributed by atoms with Crippen LogP contribution < -0.4 is 0 Å². The molecule has 0 amide bonds. The average Bonchev–Trinajstić information content (AvgIpc) is 2.69. The number of esters is 3. The number of carbonyl (C=O) groups excluding carboxylic acids is 4. The van der Waals surface area contributed by atoms with Crippen LogP contribution in [0.4, 0.5) is 0 Å². The van der Waals surface area contributed by atoms with E-state index in [2.05, 4.69) is 14.2 Å². The zero-order valence-corrected chi connectivity index (χ0v) is 12.0. The Labute approximate surface area is 116 Å². The summed E-state index contributed by atoms with van der Waals surface area (Å²) >= 11 is 0. The van der Waals surface area contributed by atoms with Crippen LogP contribution in [0.25, 0.3) is 0 Å². The Balaban J connectivity index is 3.19. The molecule has 0 aromatic heterocycles. The van der Waals surface area contributed by atoms with Crippen LogP contribution in [0.1, 0.15) is 26.2 Å². The number of ketones is 1. The molecule has 0 spiro atoms. The van der Waals surface area contributed by atoms with Crippen LogP contribution in [0.5, 0.6) is 0 Å². The summed E-state index contributed by atoms with van der Waals surface area (Å²) in [6, 6.07) is 0. The average molecular weight is 286 g/mol. The molecule has 7 nitrogen and oxygen atoms in total. The van der Waals surface area contributed by atoms with Crippen LogP contribution in [-0.2, 0) is 33.4 Å². The predicted molar refractivity (Wildman–Crippen MR) is 65.4 cm³/mol. The second-order valence-corrected chi connectivity index (χ2v) is 5.16. The summed E-state index contributed by atoms with van der Waals surface area (Å²) in [5.41, 5.74) is -2.82. The molecule has 0 heterocycles. The van der Waals surface area contributed by atoms with E-state index in [9.17, 15) is 19.2 Å². The standard InChI is InChI=1S/C13H18O7/c1-12(10(16)19-3)5-8(14)13(7-12,11(17)20-4)6-9(15)18-2/h5-7H2,1-4H3. The normalized spacial score (nSPS) is 28.9. The van der Waals surface area contributed by atoms with Crippen molar-refractivity contribution in [1.82, 2.24) is 0 Å². The molecule has 20 heavy (non-hydrogen) atoms. The number of ether oxygens (including phenoxy) is 3. The number of Topliss-reactive ketones (excluding diaryl/α,β-unsaturated/α-hetero) is 1. The number of methoxy groups -OCH3 is 3. The molecule has 0 aliphatic heterocycles. The summed E-state index contributed by atoms with van der Waals surface area (Å²) in [5.74, 6) is -2.65. The van der Waals surface area contributed by atoms with E-state index in [0.717, 1.165) is 14.2 Å². The van der Waals surface area contributed by atoms with Gasteiger partial charge in [0.25, 0.3) is 0 Å². The lowest BCUT2D eigenvalue weighted by atomic mass is 9.78. The van der Waals surface area contributed by atoms with Crippen molar-refractivity contribution in [2.45, 2.75) is 26.2 Å². The van der Waals surface area contributed by atoms with Gasteiger partial charge < -0.3 is 14.2 Å². The maximum atomic E-state index is 12.3. The van der Waals surface area contributed by atoms with Crippen molar-refractivity contribution in [1.29, 1.82) is 0 Å². The Morgan fingerprint density at radius 2 is 1.60 bits per heavy atom. The molecule has 0 aromatic carbocycles. The van der Waals surface area contributed by atoms with Crippen LogP contribution in [0.3, 0.4) is 0 Å². The van der Waals surface area contributed by atoms with E-state index in [0.29, 0.717) is 0 Å².